The van der Waals surface area contributed by atoms with Gasteiger partial charge in [-0.1, -0.05) is 25.2 Å². The summed E-state index contributed by atoms with van der Waals surface area (Å²) < 4.78 is 0. The van der Waals surface area contributed by atoms with E-state index in [0.717, 1.165) is 30.7 Å². The summed E-state index contributed by atoms with van der Waals surface area (Å²) in [4.78, 5) is 12.0. The fraction of sp³-hybridized carbons (Fsp3) is 0.750. The van der Waals surface area contributed by atoms with Crippen LogP contribution in [0.25, 0.3) is 0 Å². The monoisotopic (exact) mass is 304 g/mol. The summed E-state index contributed by atoms with van der Waals surface area (Å²) in [6, 6.07) is 0.173. The Balaban J connectivity index is 0.00000180. The predicted octanol–water partition coefficient (Wildman–Crippen LogP) is 2.22. The van der Waals surface area contributed by atoms with Crippen LogP contribution in [-0.4, -0.2) is 22.1 Å². The van der Waals surface area contributed by atoms with Crippen molar-refractivity contribution in [2.75, 3.05) is 5.32 Å². The van der Waals surface area contributed by atoms with E-state index < -0.39 is 0 Å². The lowest BCUT2D eigenvalue weighted by atomic mass is 10.1. The number of hydrogen-bond donors (Lipinski definition) is 2. The van der Waals surface area contributed by atoms with Crippen LogP contribution in [0.2, 0.25) is 0 Å². The average molecular weight is 305 g/mol. The van der Waals surface area contributed by atoms with Crippen molar-refractivity contribution in [1.82, 2.24) is 10.2 Å². The highest BCUT2D eigenvalue weighted by Crippen LogP contribution is 2.26. The van der Waals surface area contributed by atoms with Gasteiger partial charge in [-0.25, -0.2) is 0 Å². The molecule has 1 heterocycles. The van der Waals surface area contributed by atoms with Gasteiger partial charge in [-0.15, -0.1) is 22.6 Å². The third-order valence-corrected chi connectivity index (χ3v) is 3.98. The maximum Gasteiger partial charge on any atom is 0.229 e. The molecule has 2 atom stereocenters. The molecule has 0 aromatic carbocycles. The van der Waals surface area contributed by atoms with Crippen molar-refractivity contribution in [2.24, 2.45) is 17.6 Å². The topological polar surface area (TPSA) is 80.9 Å². The van der Waals surface area contributed by atoms with Gasteiger partial charge in [0.2, 0.25) is 11.0 Å². The van der Waals surface area contributed by atoms with Gasteiger partial charge in [0.15, 0.2) is 0 Å². The first-order valence-corrected chi connectivity index (χ1v) is 7.25. The van der Waals surface area contributed by atoms with E-state index in [1.807, 2.05) is 0 Å². The Morgan fingerprint density at radius 3 is 2.79 bits per heavy atom. The van der Waals surface area contributed by atoms with Gasteiger partial charge < -0.3 is 11.1 Å². The Kier molecular flexibility index (Phi) is 6.16. The van der Waals surface area contributed by atoms with E-state index in [2.05, 4.69) is 29.4 Å². The van der Waals surface area contributed by atoms with Crippen LogP contribution in [-0.2, 0) is 11.2 Å². The second-order valence-electron chi connectivity index (χ2n) is 5.36. The molecular weight excluding hydrogens is 284 g/mol. The molecule has 108 valence electrons. The maximum absolute atomic E-state index is 12.0. The molecule has 0 spiro atoms. The number of aromatic nitrogens is 2. The summed E-state index contributed by atoms with van der Waals surface area (Å²) in [7, 11) is 0. The van der Waals surface area contributed by atoms with Crippen molar-refractivity contribution < 1.29 is 4.79 Å². The van der Waals surface area contributed by atoms with Crippen LogP contribution >= 0.6 is 23.7 Å². The number of hydrogen-bond acceptors (Lipinski definition) is 5. The molecule has 7 heteroatoms. The predicted molar refractivity (Wildman–Crippen MR) is 79.6 cm³/mol. The Bertz CT molecular complexity index is 424. The summed E-state index contributed by atoms with van der Waals surface area (Å²) in [5.74, 6) is 0.627. The Labute approximate surface area is 123 Å². The molecule has 1 aliphatic rings. The number of nitrogens with two attached hydrogens (primary N) is 1. The zero-order valence-electron chi connectivity index (χ0n) is 11.3. The van der Waals surface area contributed by atoms with Crippen LogP contribution in [0.5, 0.6) is 0 Å². The third-order valence-electron chi connectivity index (χ3n) is 3.12. The van der Waals surface area contributed by atoms with E-state index in [1.54, 1.807) is 0 Å². The molecule has 19 heavy (non-hydrogen) atoms. The molecule has 0 bridgehead atoms. The molecule has 0 radical (unpaired) electrons. The second kappa shape index (κ2) is 7.17. The average Bonchev–Trinajstić information content (AvgIpc) is 2.87. The number of nitrogens with zero attached hydrogens (tertiary/aromatic N) is 2. The molecule has 1 amide bonds. The largest absolute Gasteiger partial charge is 0.328 e. The summed E-state index contributed by atoms with van der Waals surface area (Å²) in [5.41, 5.74) is 5.81. The highest BCUT2D eigenvalue weighted by atomic mass is 35.5. The normalized spacial score (nSPS) is 22.3. The van der Waals surface area contributed by atoms with Gasteiger partial charge >= 0.3 is 0 Å². The van der Waals surface area contributed by atoms with Crippen molar-refractivity contribution in [3.63, 3.8) is 0 Å². The van der Waals surface area contributed by atoms with E-state index in [9.17, 15) is 4.79 Å². The first kappa shape index (κ1) is 16.3. The molecule has 2 unspecified atom stereocenters. The van der Waals surface area contributed by atoms with E-state index in [1.165, 1.54) is 11.3 Å². The fourth-order valence-electron chi connectivity index (χ4n) is 2.20. The lowest BCUT2D eigenvalue weighted by Crippen LogP contribution is -2.23. The van der Waals surface area contributed by atoms with E-state index in [-0.39, 0.29) is 30.3 Å². The Hall–Kier alpha value is -0.720. The molecule has 1 aliphatic carbocycles. The van der Waals surface area contributed by atoms with Crippen molar-refractivity contribution in [3.05, 3.63) is 5.01 Å². The summed E-state index contributed by atoms with van der Waals surface area (Å²) in [5, 5.41) is 12.5. The molecule has 1 saturated carbocycles. The van der Waals surface area contributed by atoms with Gasteiger partial charge in [-0.2, -0.15) is 0 Å². The van der Waals surface area contributed by atoms with E-state index in [4.69, 9.17) is 5.73 Å². The van der Waals surface area contributed by atoms with E-state index >= 15 is 0 Å². The lowest BCUT2D eigenvalue weighted by Gasteiger charge is -2.07. The third kappa shape index (κ3) is 4.71. The molecule has 5 nitrogen and oxygen atoms in total. The van der Waals surface area contributed by atoms with Crippen LogP contribution in [0.3, 0.4) is 0 Å². The number of nitrogens with one attached hydrogen (secondary N) is 1. The van der Waals surface area contributed by atoms with Gasteiger partial charge in [0.25, 0.3) is 0 Å². The minimum absolute atomic E-state index is 0. The highest BCUT2D eigenvalue weighted by molar-refractivity contribution is 7.15. The van der Waals surface area contributed by atoms with E-state index in [0.29, 0.717) is 11.0 Å². The molecule has 1 aromatic rings. The number of rotatable bonds is 4. The molecule has 2 rings (SSSR count). The minimum atomic E-state index is 0. The Morgan fingerprint density at radius 1 is 1.47 bits per heavy atom. The molecule has 0 aliphatic heterocycles. The van der Waals surface area contributed by atoms with Crippen LogP contribution in [0.1, 0.15) is 38.1 Å². The zero-order valence-corrected chi connectivity index (χ0v) is 12.9. The summed E-state index contributed by atoms with van der Waals surface area (Å²) >= 11 is 1.46. The van der Waals surface area contributed by atoms with Crippen LogP contribution < -0.4 is 11.1 Å². The van der Waals surface area contributed by atoms with Crippen LogP contribution in [0.4, 0.5) is 5.13 Å². The van der Waals surface area contributed by atoms with Gasteiger partial charge in [-0.05, 0) is 25.2 Å². The van der Waals surface area contributed by atoms with Crippen molar-refractivity contribution in [2.45, 2.75) is 45.6 Å². The second-order valence-corrected chi connectivity index (χ2v) is 6.42. The lowest BCUT2D eigenvalue weighted by molar-refractivity contribution is -0.119. The first-order valence-electron chi connectivity index (χ1n) is 6.43. The molecule has 0 saturated heterocycles. The quantitative estimate of drug-likeness (QED) is 0.894. The van der Waals surface area contributed by atoms with Crippen molar-refractivity contribution >= 4 is 34.8 Å². The number of amides is 1. The smallest absolute Gasteiger partial charge is 0.229 e. The number of carbonyl (C=O) groups excluding carboxylic acids is 1. The van der Waals surface area contributed by atoms with Crippen LogP contribution in [0, 0.1) is 11.8 Å². The standard InChI is InChI=1S/C12H20N4OS.ClH/c1-7(2)5-10-15-16-12(18-10)14-11(17)8-3-4-9(13)6-8;/h7-9H,3-6,13H2,1-2H3,(H,14,16,17);1H. The maximum atomic E-state index is 12.0. The minimum Gasteiger partial charge on any atom is -0.328 e. The Morgan fingerprint density at radius 2 is 2.21 bits per heavy atom. The van der Waals surface area contributed by atoms with Crippen molar-refractivity contribution in [3.8, 4) is 0 Å². The van der Waals surface area contributed by atoms with Crippen molar-refractivity contribution in [1.29, 1.82) is 0 Å². The van der Waals surface area contributed by atoms with Gasteiger partial charge in [-0.3, -0.25) is 4.79 Å². The zero-order chi connectivity index (χ0) is 13.1. The first-order chi connectivity index (χ1) is 8.54. The summed E-state index contributed by atoms with van der Waals surface area (Å²) in [6.45, 7) is 4.28. The summed E-state index contributed by atoms with van der Waals surface area (Å²) in [6.07, 6.45) is 3.50. The number of carbonyl (C=O) groups is 1. The fourth-order valence-corrected chi connectivity index (χ4v) is 3.15. The SMILES string of the molecule is CC(C)Cc1nnc(NC(=O)C2CCC(N)C2)s1.Cl. The molecule has 1 aromatic heterocycles. The number of halogens is 1. The number of anilines is 1. The molecule has 1 fully saturated rings. The van der Waals surface area contributed by atoms with Crippen LogP contribution in [0.15, 0.2) is 0 Å². The molecule has 3 N–H and O–H groups in total. The molecular formula is C12H21ClN4OS. The highest BCUT2D eigenvalue weighted by Gasteiger charge is 2.28. The van der Waals surface area contributed by atoms with Gasteiger partial charge in [0.1, 0.15) is 5.01 Å². The van der Waals surface area contributed by atoms with Gasteiger partial charge in [0, 0.05) is 18.4 Å². The van der Waals surface area contributed by atoms with Gasteiger partial charge in [0.05, 0.1) is 0 Å².